The van der Waals surface area contributed by atoms with Crippen LogP contribution in [0.4, 0.5) is 5.69 Å². The minimum Gasteiger partial charge on any atom is -0.277 e. The molecule has 3 aromatic rings. The second kappa shape index (κ2) is 6.54. The summed E-state index contributed by atoms with van der Waals surface area (Å²) in [5, 5.41) is 4.45. The van der Waals surface area contributed by atoms with Crippen molar-refractivity contribution in [2.75, 3.05) is 4.72 Å². The number of aromatic nitrogens is 3. The second-order valence-electron chi connectivity index (χ2n) is 5.00. The number of nitrogens with one attached hydrogen (secondary N) is 1. The number of para-hydroxylation sites is 2. The van der Waals surface area contributed by atoms with Crippen LogP contribution in [-0.2, 0) is 10.0 Å². The first-order valence-electron chi connectivity index (χ1n) is 6.81. The van der Waals surface area contributed by atoms with Gasteiger partial charge in [-0.2, -0.15) is 5.10 Å². The fourth-order valence-electron chi connectivity index (χ4n) is 2.08. The number of aryl methyl sites for hydroxylation is 1. The molecule has 9 heteroatoms. The van der Waals surface area contributed by atoms with Gasteiger partial charge in [0.1, 0.15) is 10.0 Å². The van der Waals surface area contributed by atoms with Crippen molar-refractivity contribution >= 4 is 43.2 Å². The van der Waals surface area contributed by atoms with Gasteiger partial charge in [0.2, 0.25) is 0 Å². The van der Waals surface area contributed by atoms with Gasteiger partial charge in [0.25, 0.3) is 10.0 Å². The molecule has 0 radical (unpaired) electrons. The number of hydrogen-bond acceptors (Lipinski definition) is 4. The van der Waals surface area contributed by atoms with Crippen molar-refractivity contribution in [3.63, 3.8) is 0 Å². The van der Waals surface area contributed by atoms with Crippen LogP contribution < -0.4 is 4.72 Å². The topological polar surface area (TPSA) is 76.9 Å². The number of anilines is 1. The molecule has 124 valence electrons. The van der Waals surface area contributed by atoms with Gasteiger partial charge in [-0.1, -0.05) is 23.7 Å². The highest BCUT2D eigenvalue weighted by Crippen LogP contribution is 2.25. The van der Waals surface area contributed by atoms with Crippen LogP contribution in [0.2, 0.25) is 5.15 Å². The molecule has 6 nitrogen and oxygen atoms in total. The molecule has 2 aromatic heterocycles. The zero-order valence-electron chi connectivity index (χ0n) is 12.4. The summed E-state index contributed by atoms with van der Waals surface area (Å²) < 4.78 is 30.2. The lowest BCUT2D eigenvalue weighted by Crippen LogP contribution is -2.15. The summed E-state index contributed by atoms with van der Waals surface area (Å²) in [5.74, 6) is 0. The van der Waals surface area contributed by atoms with Crippen LogP contribution >= 0.6 is 27.5 Å². The SMILES string of the molecule is Cc1cc(S(=O)(=O)Nc2ccccc2-n2cc(Br)cn2)cnc1Cl. The van der Waals surface area contributed by atoms with Crippen LogP contribution in [0.25, 0.3) is 5.69 Å². The van der Waals surface area contributed by atoms with E-state index in [2.05, 4.69) is 30.7 Å². The standard InChI is InChI=1S/C15H12BrClN4O2S/c1-10-6-12(8-18-15(10)17)24(22,23)20-13-4-2-3-5-14(13)21-9-11(16)7-19-21/h2-9,20H,1H3. The Labute approximate surface area is 152 Å². The highest BCUT2D eigenvalue weighted by atomic mass is 79.9. The van der Waals surface area contributed by atoms with Crippen molar-refractivity contribution in [3.05, 3.63) is 64.1 Å². The van der Waals surface area contributed by atoms with Crippen molar-refractivity contribution in [1.82, 2.24) is 14.8 Å². The summed E-state index contributed by atoms with van der Waals surface area (Å²) >= 11 is 9.18. The Morgan fingerprint density at radius 3 is 2.67 bits per heavy atom. The summed E-state index contributed by atoms with van der Waals surface area (Å²) in [7, 11) is -3.80. The van der Waals surface area contributed by atoms with Gasteiger partial charge in [-0.25, -0.2) is 18.1 Å². The quantitative estimate of drug-likeness (QED) is 0.643. The molecule has 0 saturated carbocycles. The second-order valence-corrected chi connectivity index (χ2v) is 7.96. The Hall–Kier alpha value is -1.90. The van der Waals surface area contributed by atoms with Gasteiger partial charge in [-0.3, -0.25) is 4.72 Å². The first-order valence-corrected chi connectivity index (χ1v) is 9.47. The molecule has 0 bridgehead atoms. The van der Waals surface area contributed by atoms with Gasteiger partial charge in [-0.15, -0.1) is 0 Å². The average Bonchev–Trinajstić information content (AvgIpc) is 2.96. The Morgan fingerprint density at radius 1 is 1.25 bits per heavy atom. The normalized spacial score (nSPS) is 11.5. The molecular weight excluding hydrogens is 416 g/mol. The van der Waals surface area contributed by atoms with E-state index in [-0.39, 0.29) is 10.0 Å². The fraction of sp³-hybridized carbons (Fsp3) is 0.0667. The van der Waals surface area contributed by atoms with Crippen molar-refractivity contribution < 1.29 is 8.42 Å². The van der Waals surface area contributed by atoms with Gasteiger partial charge in [0.05, 0.1) is 22.0 Å². The third-order valence-electron chi connectivity index (χ3n) is 3.25. The molecule has 0 aliphatic carbocycles. The van der Waals surface area contributed by atoms with Crippen molar-refractivity contribution in [3.8, 4) is 5.69 Å². The number of pyridine rings is 1. The van der Waals surface area contributed by atoms with Crippen LogP contribution in [0.15, 0.2) is 58.3 Å². The van der Waals surface area contributed by atoms with Crippen LogP contribution in [0.5, 0.6) is 0 Å². The number of hydrogen-bond donors (Lipinski definition) is 1. The molecule has 0 aliphatic rings. The van der Waals surface area contributed by atoms with Gasteiger partial charge >= 0.3 is 0 Å². The highest BCUT2D eigenvalue weighted by Gasteiger charge is 2.18. The van der Waals surface area contributed by atoms with Crippen molar-refractivity contribution in [1.29, 1.82) is 0 Å². The van der Waals surface area contributed by atoms with E-state index in [1.165, 1.54) is 12.3 Å². The lowest BCUT2D eigenvalue weighted by atomic mass is 10.3. The summed E-state index contributed by atoms with van der Waals surface area (Å²) in [6.07, 6.45) is 4.59. The first-order chi connectivity index (χ1) is 11.4. The van der Waals surface area contributed by atoms with E-state index in [0.717, 1.165) is 4.47 Å². The molecule has 3 rings (SSSR count). The average molecular weight is 428 g/mol. The largest absolute Gasteiger partial charge is 0.277 e. The predicted molar refractivity (Wildman–Crippen MR) is 96.1 cm³/mol. The molecule has 0 saturated heterocycles. The molecular formula is C15H12BrClN4O2S. The van der Waals surface area contributed by atoms with Crippen molar-refractivity contribution in [2.45, 2.75) is 11.8 Å². The Morgan fingerprint density at radius 2 is 2.00 bits per heavy atom. The van der Waals surface area contributed by atoms with Crippen molar-refractivity contribution in [2.24, 2.45) is 0 Å². The van der Waals surface area contributed by atoms with Gasteiger partial charge in [-0.05, 0) is 46.6 Å². The lowest BCUT2D eigenvalue weighted by Gasteiger charge is -2.13. The predicted octanol–water partition coefficient (Wildman–Crippen LogP) is 3.79. The maximum absolute atomic E-state index is 12.6. The van der Waals surface area contributed by atoms with Crippen LogP contribution in [0, 0.1) is 6.92 Å². The van der Waals surface area contributed by atoms with Crippen LogP contribution in [0.1, 0.15) is 5.56 Å². The van der Waals surface area contributed by atoms with E-state index in [0.29, 0.717) is 16.9 Å². The Bertz CT molecular complexity index is 1000. The zero-order valence-corrected chi connectivity index (χ0v) is 15.6. The van der Waals surface area contributed by atoms with Crippen LogP contribution in [-0.4, -0.2) is 23.2 Å². The van der Waals surface area contributed by atoms with E-state index >= 15 is 0 Å². The number of nitrogens with zero attached hydrogens (tertiary/aromatic N) is 3. The molecule has 0 atom stereocenters. The number of sulfonamides is 1. The van der Waals surface area contributed by atoms with E-state index < -0.39 is 10.0 Å². The molecule has 0 aliphatic heterocycles. The molecule has 1 aromatic carbocycles. The van der Waals surface area contributed by atoms with Gasteiger partial charge in [0, 0.05) is 12.4 Å². The Kier molecular flexibility index (Phi) is 4.62. The number of halogens is 2. The van der Waals surface area contributed by atoms with E-state index in [1.807, 2.05) is 0 Å². The molecule has 0 amide bonds. The summed E-state index contributed by atoms with van der Waals surface area (Å²) in [5.41, 5.74) is 1.59. The highest BCUT2D eigenvalue weighted by molar-refractivity contribution is 9.10. The molecule has 1 N–H and O–H groups in total. The molecule has 2 heterocycles. The molecule has 24 heavy (non-hydrogen) atoms. The zero-order chi connectivity index (χ0) is 17.3. The molecule has 0 fully saturated rings. The molecule has 0 unspecified atom stereocenters. The fourth-order valence-corrected chi connectivity index (χ4v) is 3.57. The smallest absolute Gasteiger partial charge is 0.263 e. The Balaban J connectivity index is 2.00. The maximum atomic E-state index is 12.6. The summed E-state index contributed by atoms with van der Waals surface area (Å²) in [6.45, 7) is 1.70. The van der Waals surface area contributed by atoms with E-state index in [1.54, 1.807) is 48.3 Å². The third kappa shape index (κ3) is 3.45. The first kappa shape index (κ1) is 16.9. The van der Waals surface area contributed by atoms with E-state index in [4.69, 9.17) is 11.6 Å². The monoisotopic (exact) mass is 426 g/mol. The maximum Gasteiger partial charge on any atom is 0.263 e. The van der Waals surface area contributed by atoms with Gasteiger partial charge < -0.3 is 0 Å². The number of benzene rings is 1. The molecule has 0 spiro atoms. The summed E-state index contributed by atoms with van der Waals surface area (Å²) in [4.78, 5) is 3.94. The van der Waals surface area contributed by atoms with E-state index in [9.17, 15) is 8.42 Å². The summed E-state index contributed by atoms with van der Waals surface area (Å²) in [6, 6.07) is 8.45. The minimum atomic E-state index is -3.80. The lowest BCUT2D eigenvalue weighted by molar-refractivity contribution is 0.600. The minimum absolute atomic E-state index is 0.0425. The third-order valence-corrected chi connectivity index (χ3v) is 5.38. The van der Waals surface area contributed by atoms with Crippen LogP contribution in [0.3, 0.4) is 0 Å². The number of rotatable bonds is 4. The van der Waals surface area contributed by atoms with Gasteiger partial charge in [0.15, 0.2) is 0 Å².